The van der Waals surface area contributed by atoms with Crippen molar-refractivity contribution in [1.29, 1.82) is 0 Å². The molecule has 0 aliphatic rings. The fourth-order valence-electron chi connectivity index (χ4n) is 1.55. The summed E-state index contributed by atoms with van der Waals surface area (Å²) in [5.41, 5.74) is 0. The summed E-state index contributed by atoms with van der Waals surface area (Å²) < 4.78 is 10.7. The fraction of sp³-hybridized carbons (Fsp3) is 0.929. The molecule has 0 bridgehead atoms. The molecule has 0 fully saturated rings. The Bertz CT molecular complexity index is 213. The van der Waals surface area contributed by atoms with Crippen LogP contribution in [-0.4, -0.2) is 49.0 Å². The van der Waals surface area contributed by atoms with Crippen LogP contribution in [0.5, 0.6) is 0 Å². The first-order chi connectivity index (χ1) is 9.20. The van der Waals surface area contributed by atoms with Crippen LogP contribution in [0.3, 0.4) is 0 Å². The molecule has 0 spiro atoms. The van der Waals surface area contributed by atoms with Crippen molar-refractivity contribution in [2.24, 2.45) is 0 Å². The maximum Gasteiger partial charge on any atom is 0.134 e. The van der Waals surface area contributed by atoms with Crippen LogP contribution in [0.4, 0.5) is 0 Å². The van der Waals surface area contributed by atoms with Gasteiger partial charge in [-0.1, -0.05) is 20.3 Å². The number of rotatable bonds is 14. The summed E-state index contributed by atoms with van der Waals surface area (Å²) in [6, 6.07) is 0. The van der Waals surface area contributed by atoms with E-state index in [-0.39, 0.29) is 0 Å². The molecule has 0 aliphatic heterocycles. The predicted molar refractivity (Wildman–Crippen MR) is 86.6 cm³/mol. The maximum atomic E-state index is 11.6. The molecule has 0 radical (unpaired) electrons. The molecule has 1 unspecified atom stereocenters. The highest BCUT2D eigenvalue weighted by Crippen LogP contribution is 2.15. The molecule has 0 rings (SSSR count). The minimum absolute atomic E-state index is 0.392. The van der Waals surface area contributed by atoms with Gasteiger partial charge in [-0.25, -0.2) is 0 Å². The number of carbonyl (C=O) groups excluding carboxylic acids is 1. The summed E-state index contributed by atoms with van der Waals surface area (Å²) >= 11 is 5.86. The third-order valence-electron chi connectivity index (χ3n) is 2.56. The summed E-state index contributed by atoms with van der Waals surface area (Å²) in [6.07, 6.45) is 3.54. The van der Waals surface area contributed by atoms with E-state index in [1.54, 1.807) is 0 Å². The van der Waals surface area contributed by atoms with Gasteiger partial charge in [0.1, 0.15) is 5.78 Å². The minimum Gasteiger partial charge on any atom is -0.378 e. The Kier molecular flexibility index (Phi) is 14.9. The first-order valence-electron chi connectivity index (χ1n) is 7.10. The molecule has 0 aromatic carbocycles. The number of ether oxygens (including phenoxy) is 2. The van der Waals surface area contributed by atoms with E-state index in [0.717, 1.165) is 37.4 Å². The molecule has 0 heterocycles. The van der Waals surface area contributed by atoms with Gasteiger partial charge >= 0.3 is 0 Å². The van der Waals surface area contributed by atoms with Gasteiger partial charge in [0.05, 0.1) is 26.4 Å². The molecule has 0 N–H and O–H groups in total. The largest absolute Gasteiger partial charge is 0.378 e. The van der Waals surface area contributed by atoms with Crippen LogP contribution < -0.4 is 0 Å². The molecule has 0 aromatic rings. The molecule has 114 valence electrons. The number of unbranched alkanes of at least 4 members (excludes halogenated alkanes) is 1. The lowest BCUT2D eigenvalue weighted by molar-refractivity contribution is -0.119. The quantitative estimate of drug-likeness (QED) is 0.395. The van der Waals surface area contributed by atoms with E-state index in [2.05, 4.69) is 26.5 Å². The van der Waals surface area contributed by atoms with Gasteiger partial charge in [0, 0.05) is 29.6 Å². The average molecular weight is 309 g/mol. The molecule has 19 heavy (non-hydrogen) atoms. The fourth-order valence-corrected chi connectivity index (χ4v) is 2.60. The molecule has 0 aliphatic carbocycles. The topological polar surface area (TPSA) is 35.5 Å². The summed E-state index contributed by atoms with van der Waals surface area (Å²) in [6.45, 7) is 6.90. The average Bonchev–Trinajstić information content (AvgIpc) is 2.39. The number of hydrogen-bond donors (Lipinski definition) is 1. The molecule has 0 saturated heterocycles. The Labute approximate surface area is 127 Å². The summed E-state index contributed by atoms with van der Waals surface area (Å²) in [4.78, 5) is 11.6. The Hall–Kier alpha value is 0.290. The van der Waals surface area contributed by atoms with Crippen molar-refractivity contribution in [1.82, 2.24) is 0 Å². The molecule has 0 amide bonds. The highest BCUT2D eigenvalue weighted by Gasteiger charge is 2.08. The van der Waals surface area contributed by atoms with Crippen LogP contribution in [0.15, 0.2) is 0 Å². The van der Waals surface area contributed by atoms with E-state index in [0.29, 0.717) is 37.3 Å². The lowest BCUT2D eigenvalue weighted by Gasteiger charge is -2.10. The van der Waals surface area contributed by atoms with Crippen molar-refractivity contribution in [2.75, 3.05) is 37.9 Å². The molecule has 1 atom stereocenters. The van der Waals surface area contributed by atoms with E-state index in [1.165, 1.54) is 0 Å². The van der Waals surface area contributed by atoms with Crippen molar-refractivity contribution in [3.63, 3.8) is 0 Å². The zero-order valence-electron chi connectivity index (χ0n) is 12.2. The van der Waals surface area contributed by atoms with Crippen molar-refractivity contribution in [3.8, 4) is 0 Å². The third-order valence-corrected chi connectivity index (χ3v) is 3.88. The Morgan fingerprint density at radius 2 is 1.89 bits per heavy atom. The molecular weight excluding hydrogens is 280 g/mol. The number of carbonyl (C=O) groups is 1. The Morgan fingerprint density at radius 3 is 2.53 bits per heavy atom. The van der Waals surface area contributed by atoms with E-state index in [4.69, 9.17) is 9.47 Å². The minimum atomic E-state index is 0.392. The summed E-state index contributed by atoms with van der Waals surface area (Å²) in [7, 11) is 0. The molecular formula is C14H28O3S2. The number of thioether (sulfide) groups is 1. The van der Waals surface area contributed by atoms with Gasteiger partial charge in [0.15, 0.2) is 0 Å². The first-order valence-corrected chi connectivity index (χ1v) is 8.78. The van der Waals surface area contributed by atoms with Gasteiger partial charge in [-0.05, 0) is 6.42 Å². The molecule has 5 heteroatoms. The van der Waals surface area contributed by atoms with Gasteiger partial charge in [-0.15, -0.1) is 0 Å². The normalized spacial score (nSPS) is 12.6. The SMILES string of the molecule is CCCCC(=O)CC(C)SCCOCCOCCS. The van der Waals surface area contributed by atoms with Crippen molar-refractivity contribution in [3.05, 3.63) is 0 Å². The smallest absolute Gasteiger partial charge is 0.134 e. The van der Waals surface area contributed by atoms with Gasteiger partial charge < -0.3 is 9.47 Å². The van der Waals surface area contributed by atoms with Crippen LogP contribution in [0.25, 0.3) is 0 Å². The Balaban J connectivity index is 3.28. The summed E-state index contributed by atoms with van der Waals surface area (Å²) in [5, 5.41) is 0.397. The number of ketones is 1. The van der Waals surface area contributed by atoms with Crippen molar-refractivity contribution in [2.45, 2.75) is 44.8 Å². The molecule has 0 aromatic heterocycles. The van der Waals surface area contributed by atoms with Gasteiger partial charge in [-0.3, -0.25) is 4.79 Å². The summed E-state index contributed by atoms with van der Waals surface area (Å²) in [5.74, 6) is 2.08. The number of Topliss-reactive ketones (excluding diaryl/α,β-unsaturated/α-hetero) is 1. The van der Waals surface area contributed by atoms with Gasteiger partial charge in [-0.2, -0.15) is 24.4 Å². The number of hydrogen-bond acceptors (Lipinski definition) is 5. The van der Waals surface area contributed by atoms with E-state index in [9.17, 15) is 4.79 Å². The van der Waals surface area contributed by atoms with Crippen molar-refractivity contribution >= 4 is 30.2 Å². The maximum absolute atomic E-state index is 11.6. The van der Waals surface area contributed by atoms with Crippen LogP contribution in [-0.2, 0) is 14.3 Å². The van der Waals surface area contributed by atoms with Gasteiger partial charge in [0.2, 0.25) is 0 Å². The van der Waals surface area contributed by atoms with E-state index in [1.807, 2.05) is 11.8 Å². The van der Waals surface area contributed by atoms with E-state index >= 15 is 0 Å². The Morgan fingerprint density at radius 1 is 1.21 bits per heavy atom. The zero-order valence-corrected chi connectivity index (χ0v) is 13.9. The second-order valence-electron chi connectivity index (χ2n) is 4.48. The predicted octanol–water partition coefficient (Wildman–Crippen LogP) is 3.22. The highest BCUT2D eigenvalue weighted by molar-refractivity contribution is 7.99. The van der Waals surface area contributed by atoms with E-state index < -0.39 is 0 Å². The lowest BCUT2D eigenvalue weighted by Crippen LogP contribution is -2.11. The van der Waals surface area contributed by atoms with Crippen LogP contribution in [0.2, 0.25) is 0 Å². The second kappa shape index (κ2) is 14.7. The highest BCUT2D eigenvalue weighted by atomic mass is 32.2. The first kappa shape index (κ1) is 19.3. The standard InChI is InChI=1S/C14H28O3S2/c1-3-4-5-14(15)12-13(2)19-11-9-17-7-6-16-8-10-18/h13,18H,3-12H2,1-2H3. The van der Waals surface area contributed by atoms with Gasteiger partial charge in [0.25, 0.3) is 0 Å². The molecule has 3 nitrogen and oxygen atoms in total. The van der Waals surface area contributed by atoms with Crippen LogP contribution >= 0.6 is 24.4 Å². The van der Waals surface area contributed by atoms with Crippen LogP contribution in [0.1, 0.15) is 39.5 Å². The van der Waals surface area contributed by atoms with Crippen molar-refractivity contribution < 1.29 is 14.3 Å². The monoisotopic (exact) mass is 308 g/mol. The lowest BCUT2D eigenvalue weighted by atomic mass is 10.1. The third kappa shape index (κ3) is 14.5. The number of thiol groups is 1. The molecule has 0 saturated carbocycles. The van der Waals surface area contributed by atoms with Crippen LogP contribution in [0, 0.1) is 0 Å². The zero-order chi connectivity index (χ0) is 14.3. The second-order valence-corrected chi connectivity index (χ2v) is 6.47.